The Bertz CT molecular complexity index is 645. The van der Waals surface area contributed by atoms with Crippen LogP contribution in [0.2, 0.25) is 0 Å². The van der Waals surface area contributed by atoms with Gasteiger partial charge in [-0.25, -0.2) is 4.98 Å². The van der Waals surface area contributed by atoms with Gasteiger partial charge in [-0.2, -0.15) is 0 Å². The molecular formula is C15H16N2O3. The third kappa shape index (κ3) is 2.72. The Hall–Kier alpha value is -2.14. The molecule has 104 valence electrons. The highest BCUT2D eigenvalue weighted by atomic mass is 16.5. The second kappa shape index (κ2) is 5.46. The van der Waals surface area contributed by atoms with E-state index in [0.29, 0.717) is 18.2 Å². The van der Waals surface area contributed by atoms with E-state index >= 15 is 0 Å². The Kier molecular flexibility index (Phi) is 3.52. The zero-order chi connectivity index (χ0) is 13.9. The van der Waals surface area contributed by atoms with Crippen LogP contribution in [0, 0.1) is 0 Å². The van der Waals surface area contributed by atoms with Gasteiger partial charge < -0.3 is 14.4 Å². The van der Waals surface area contributed by atoms with Crippen molar-refractivity contribution in [3.8, 4) is 11.6 Å². The van der Waals surface area contributed by atoms with Crippen LogP contribution in [0.25, 0.3) is 0 Å². The van der Waals surface area contributed by atoms with Crippen molar-refractivity contribution in [3.63, 3.8) is 0 Å². The first-order chi connectivity index (χ1) is 9.78. The normalized spacial score (nSPS) is 14.2. The lowest BCUT2D eigenvalue weighted by Crippen LogP contribution is -2.20. The molecule has 0 aliphatic heterocycles. The molecular weight excluding hydrogens is 256 g/mol. The van der Waals surface area contributed by atoms with Gasteiger partial charge in [0.25, 0.3) is 5.88 Å². The molecule has 1 aliphatic rings. The van der Waals surface area contributed by atoms with Crippen LogP contribution in [-0.4, -0.2) is 21.3 Å². The Morgan fingerprint density at radius 2 is 2.05 bits per heavy atom. The predicted molar refractivity (Wildman–Crippen MR) is 74.1 cm³/mol. The topological polar surface area (TPSA) is 64.3 Å². The smallest absolute Gasteiger partial charge is 0.313 e. The largest absolute Gasteiger partial charge is 0.435 e. The van der Waals surface area contributed by atoms with Crippen LogP contribution < -0.4 is 10.3 Å². The Balaban J connectivity index is 1.80. The van der Waals surface area contributed by atoms with Crippen LogP contribution in [0.4, 0.5) is 0 Å². The zero-order valence-electron chi connectivity index (χ0n) is 11.0. The summed E-state index contributed by atoms with van der Waals surface area (Å²) in [5, 5.41) is 8.86. The summed E-state index contributed by atoms with van der Waals surface area (Å²) in [5.41, 5.74) is 0.839. The first kappa shape index (κ1) is 12.9. The van der Waals surface area contributed by atoms with E-state index in [0.717, 1.165) is 18.4 Å². The van der Waals surface area contributed by atoms with Crippen molar-refractivity contribution < 1.29 is 9.84 Å². The van der Waals surface area contributed by atoms with E-state index in [2.05, 4.69) is 4.98 Å². The summed E-state index contributed by atoms with van der Waals surface area (Å²) in [6, 6.07) is 7.60. The van der Waals surface area contributed by atoms with E-state index in [1.807, 2.05) is 12.1 Å². The molecule has 1 N–H and O–H groups in total. The van der Waals surface area contributed by atoms with Crippen LogP contribution in [0.5, 0.6) is 11.6 Å². The molecule has 0 saturated heterocycles. The maximum absolute atomic E-state index is 12.2. The van der Waals surface area contributed by atoms with Gasteiger partial charge in [-0.15, -0.1) is 0 Å². The highest BCUT2D eigenvalue weighted by Gasteiger charge is 2.25. The van der Waals surface area contributed by atoms with Gasteiger partial charge >= 0.3 is 5.56 Å². The molecule has 2 aromatic rings. The quantitative estimate of drug-likeness (QED) is 0.903. The third-order valence-corrected chi connectivity index (χ3v) is 3.32. The molecule has 0 atom stereocenters. The van der Waals surface area contributed by atoms with Crippen molar-refractivity contribution in [2.24, 2.45) is 0 Å². The molecule has 5 heteroatoms. The van der Waals surface area contributed by atoms with Crippen molar-refractivity contribution in [1.29, 1.82) is 0 Å². The molecule has 0 amide bonds. The Morgan fingerprint density at radius 3 is 2.70 bits per heavy atom. The fourth-order valence-corrected chi connectivity index (χ4v) is 2.08. The average molecular weight is 272 g/mol. The maximum atomic E-state index is 12.2. The number of aliphatic hydroxyl groups excluding tert-OH is 1. The number of ether oxygens (including phenoxy) is 1. The minimum Gasteiger partial charge on any atom is -0.435 e. The number of hydrogen-bond donors (Lipinski definition) is 1. The van der Waals surface area contributed by atoms with E-state index in [1.165, 1.54) is 0 Å². The van der Waals surface area contributed by atoms with Gasteiger partial charge in [-0.05, 0) is 37.0 Å². The fraction of sp³-hybridized carbons (Fsp3) is 0.333. The monoisotopic (exact) mass is 272 g/mol. The van der Waals surface area contributed by atoms with Gasteiger partial charge in [0, 0.05) is 25.0 Å². The molecule has 5 nitrogen and oxygen atoms in total. The highest BCUT2D eigenvalue weighted by molar-refractivity contribution is 5.30. The first-order valence-corrected chi connectivity index (χ1v) is 6.73. The average Bonchev–Trinajstić information content (AvgIpc) is 3.28. The summed E-state index contributed by atoms with van der Waals surface area (Å²) in [7, 11) is 0. The van der Waals surface area contributed by atoms with Gasteiger partial charge in [0.1, 0.15) is 5.75 Å². The fourth-order valence-electron chi connectivity index (χ4n) is 2.08. The van der Waals surface area contributed by atoms with Gasteiger partial charge in [0.15, 0.2) is 0 Å². The van der Waals surface area contributed by atoms with E-state index in [-0.39, 0.29) is 18.0 Å². The van der Waals surface area contributed by atoms with Crippen molar-refractivity contribution >= 4 is 0 Å². The molecule has 1 saturated carbocycles. The standard InChI is InChI=1S/C15H16N2O3/c18-10-7-11-1-5-13(6-2-11)20-14-15(19)17(9-8-16-14)12-3-4-12/h1-2,5-6,8-9,12,18H,3-4,7,10H2. The molecule has 1 aliphatic carbocycles. The molecule has 20 heavy (non-hydrogen) atoms. The molecule has 1 aromatic carbocycles. The highest BCUT2D eigenvalue weighted by Crippen LogP contribution is 2.33. The van der Waals surface area contributed by atoms with Gasteiger partial charge in [-0.1, -0.05) is 12.1 Å². The van der Waals surface area contributed by atoms with Crippen molar-refractivity contribution in [1.82, 2.24) is 9.55 Å². The molecule has 0 radical (unpaired) electrons. The summed E-state index contributed by atoms with van der Waals surface area (Å²) < 4.78 is 7.24. The van der Waals surface area contributed by atoms with Crippen molar-refractivity contribution in [2.45, 2.75) is 25.3 Å². The summed E-state index contributed by atoms with van der Waals surface area (Å²) in [6.45, 7) is 0.118. The van der Waals surface area contributed by atoms with Gasteiger partial charge in [0.2, 0.25) is 0 Å². The molecule has 3 rings (SSSR count). The second-order valence-electron chi connectivity index (χ2n) is 4.90. The van der Waals surface area contributed by atoms with Crippen LogP contribution in [0.15, 0.2) is 41.5 Å². The summed E-state index contributed by atoms with van der Waals surface area (Å²) in [6.07, 6.45) is 5.99. The SMILES string of the molecule is O=c1c(Oc2ccc(CCO)cc2)nccn1C1CC1. The number of aromatic nitrogens is 2. The van der Waals surface area contributed by atoms with Gasteiger partial charge in [-0.3, -0.25) is 4.79 Å². The molecule has 0 spiro atoms. The maximum Gasteiger partial charge on any atom is 0.313 e. The van der Waals surface area contributed by atoms with Crippen molar-refractivity contribution in [2.75, 3.05) is 6.61 Å². The molecule has 1 fully saturated rings. The summed E-state index contributed by atoms with van der Waals surface area (Å²) in [4.78, 5) is 16.2. The van der Waals surface area contributed by atoms with Crippen LogP contribution in [0.1, 0.15) is 24.4 Å². The Morgan fingerprint density at radius 1 is 1.30 bits per heavy atom. The minimum atomic E-state index is -0.186. The second-order valence-corrected chi connectivity index (χ2v) is 4.90. The third-order valence-electron chi connectivity index (χ3n) is 3.32. The molecule has 0 bridgehead atoms. The number of rotatable bonds is 5. The van der Waals surface area contributed by atoms with Crippen molar-refractivity contribution in [3.05, 3.63) is 52.6 Å². The van der Waals surface area contributed by atoms with Crippen LogP contribution in [-0.2, 0) is 6.42 Å². The number of hydrogen-bond acceptors (Lipinski definition) is 4. The van der Waals surface area contributed by atoms with E-state index in [4.69, 9.17) is 9.84 Å². The lowest BCUT2D eigenvalue weighted by Gasteiger charge is -2.07. The number of benzene rings is 1. The minimum absolute atomic E-state index is 0.106. The predicted octanol–water partition coefficient (Wildman–Crippen LogP) is 1.91. The van der Waals surface area contributed by atoms with E-state index in [9.17, 15) is 4.79 Å². The van der Waals surface area contributed by atoms with Gasteiger partial charge in [0.05, 0.1) is 0 Å². The molecule has 1 aromatic heterocycles. The lowest BCUT2D eigenvalue weighted by molar-refractivity contribution is 0.299. The summed E-state index contributed by atoms with van der Waals surface area (Å²) in [5.74, 6) is 0.680. The van der Waals surface area contributed by atoms with E-state index < -0.39 is 0 Å². The first-order valence-electron chi connectivity index (χ1n) is 6.73. The van der Waals surface area contributed by atoms with Crippen LogP contribution >= 0.6 is 0 Å². The zero-order valence-corrected chi connectivity index (χ0v) is 11.0. The number of aliphatic hydroxyl groups is 1. The van der Waals surface area contributed by atoms with Crippen LogP contribution in [0.3, 0.4) is 0 Å². The molecule has 1 heterocycles. The summed E-state index contributed by atoms with van der Waals surface area (Å²) >= 11 is 0. The van der Waals surface area contributed by atoms with E-state index in [1.54, 1.807) is 29.1 Å². The molecule has 0 unspecified atom stereocenters. The number of nitrogens with zero attached hydrogens (tertiary/aromatic N) is 2. The lowest BCUT2D eigenvalue weighted by atomic mass is 10.1. The Labute approximate surface area is 116 Å².